The zero-order chi connectivity index (χ0) is 18.6. The molecule has 0 atom stereocenters. The van der Waals surface area contributed by atoms with Crippen molar-refractivity contribution in [3.8, 4) is 0 Å². The van der Waals surface area contributed by atoms with Crippen LogP contribution in [0.25, 0.3) is 6.08 Å². The van der Waals surface area contributed by atoms with Crippen LogP contribution in [-0.2, 0) is 22.6 Å². The maximum Gasteiger partial charge on any atom is 0.246 e. The summed E-state index contributed by atoms with van der Waals surface area (Å²) in [5, 5.41) is 10.5. The molecule has 27 heavy (non-hydrogen) atoms. The molecule has 2 aromatic rings. The first-order chi connectivity index (χ1) is 13.2. The van der Waals surface area contributed by atoms with Gasteiger partial charge >= 0.3 is 0 Å². The van der Waals surface area contributed by atoms with E-state index >= 15 is 0 Å². The summed E-state index contributed by atoms with van der Waals surface area (Å²) < 4.78 is 1.79. The molecule has 0 saturated heterocycles. The van der Waals surface area contributed by atoms with Gasteiger partial charge < -0.3 is 10.2 Å². The van der Waals surface area contributed by atoms with Crippen LogP contribution < -0.4 is 5.32 Å². The van der Waals surface area contributed by atoms with E-state index in [1.807, 2.05) is 17.2 Å². The van der Waals surface area contributed by atoms with Crippen LogP contribution in [-0.4, -0.2) is 49.8 Å². The molecule has 0 unspecified atom stereocenters. The topological polar surface area (TPSA) is 93.0 Å². The number of hydrogen-bond donors (Lipinski definition) is 1. The van der Waals surface area contributed by atoms with Gasteiger partial charge in [-0.25, -0.2) is 9.67 Å². The Kier molecular flexibility index (Phi) is 4.78. The minimum absolute atomic E-state index is 0.00480. The first-order valence-corrected chi connectivity index (χ1v) is 8.95. The Morgan fingerprint density at radius 2 is 2.22 bits per heavy atom. The van der Waals surface area contributed by atoms with Gasteiger partial charge in [0.25, 0.3) is 0 Å². The highest BCUT2D eigenvalue weighted by atomic mass is 16.2. The van der Waals surface area contributed by atoms with Gasteiger partial charge in [-0.05, 0) is 41.7 Å². The molecule has 2 amide bonds. The van der Waals surface area contributed by atoms with Crippen LogP contribution in [0, 0.1) is 0 Å². The highest BCUT2D eigenvalue weighted by molar-refractivity contribution is 5.94. The monoisotopic (exact) mass is 364 g/mol. The highest BCUT2D eigenvalue weighted by Gasteiger charge is 2.17. The molecule has 0 radical (unpaired) electrons. The van der Waals surface area contributed by atoms with E-state index in [1.54, 1.807) is 29.2 Å². The van der Waals surface area contributed by atoms with Crippen molar-refractivity contribution < 1.29 is 9.59 Å². The lowest BCUT2D eigenvalue weighted by molar-refractivity contribution is -0.125. The van der Waals surface area contributed by atoms with Crippen molar-refractivity contribution in [2.24, 2.45) is 0 Å². The summed E-state index contributed by atoms with van der Waals surface area (Å²) in [6, 6.07) is 1.97. The molecule has 8 nitrogen and oxygen atoms in total. The zero-order valence-electron chi connectivity index (χ0n) is 14.8. The zero-order valence-corrected chi connectivity index (χ0v) is 14.8. The normalized spacial score (nSPS) is 16.8. The summed E-state index contributed by atoms with van der Waals surface area (Å²) in [6.45, 7) is 2.01. The SMILES string of the molecule is O=C1CCc2cc(/C=C/C(=O)N3CC=C(Cn4ccnn4)CC3)cnc2N1. The average Bonchev–Trinajstić information content (AvgIpc) is 3.19. The van der Waals surface area contributed by atoms with Gasteiger partial charge in [-0.15, -0.1) is 5.10 Å². The van der Waals surface area contributed by atoms with E-state index in [0.717, 1.165) is 24.1 Å². The molecule has 0 aromatic carbocycles. The van der Waals surface area contributed by atoms with E-state index in [1.165, 1.54) is 5.57 Å². The molecule has 0 aliphatic carbocycles. The van der Waals surface area contributed by atoms with Crippen LogP contribution in [0.4, 0.5) is 5.82 Å². The molecular formula is C19H20N6O2. The van der Waals surface area contributed by atoms with Gasteiger partial charge in [0.2, 0.25) is 11.8 Å². The number of pyridine rings is 1. The van der Waals surface area contributed by atoms with Gasteiger partial charge in [0.1, 0.15) is 5.82 Å². The maximum absolute atomic E-state index is 12.4. The molecule has 2 aliphatic heterocycles. The number of carbonyl (C=O) groups is 2. The second-order valence-electron chi connectivity index (χ2n) is 6.66. The number of carbonyl (C=O) groups excluding carboxylic acids is 2. The van der Waals surface area contributed by atoms with Gasteiger partial charge in [-0.2, -0.15) is 0 Å². The number of amides is 2. The lowest BCUT2D eigenvalue weighted by Crippen LogP contribution is -2.34. The number of nitrogens with one attached hydrogen (secondary N) is 1. The predicted octanol–water partition coefficient (Wildman–Crippen LogP) is 1.43. The van der Waals surface area contributed by atoms with Crippen molar-refractivity contribution in [3.63, 3.8) is 0 Å². The summed E-state index contributed by atoms with van der Waals surface area (Å²) in [7, 11) is 0. The molecule has 0 fully saturated rings. The molecule has 138 valence electrons. The van der Waals surface area contributed by atoms with Crippen LogP contribution in [0.3, 0.4) is 0 Å². The molecule has 0 bridgehead atoms. The Hall–Kier alpha value is -3.29. The minimum atomic E-state index is -0.0166. The van der Waals surface area contributed by atoms with E-state index in [-0.39, 0.29) is 11.8 Å². The summed E-state index contributed by atoms with van der Waals surface area (Å²) in [4.78, 5) is 29.9. The quantitative estimate of drug-likeness (QED) is 0.654. The average molecular weight is 364 g/mol. The third-order valence-electron chi connectivity index (χ3n) is 4.74. The Balaban J connectivity index is 1.35. The van der Waals surface area contributed by atoms with Crippen molar-refractivity contribution in [2.45, 2.75) is 25.8 Å². The predicted molar refractivity (Wildman–Crippen MR) is 99.5 cm³/mol. The molecule has 0 saturated carbocycles. The van der Waals surface area contributed by atoms with Crippen molar-refractivity contribution in [2.75, 3.05) is 18.4 Å². The number of rotatable bonds is 4. The van der Waals surface area contributed by atoms with Crippen molar-refractivity contribution in [1.29, 1.82) is 0 Å². The Morgan fingerprint density at radius 3 is 3.00 bits per heavy atom. The molecule has 2 aliphatic rings. The number of aromatic nitrogens is 4. The van der Waals surface area contributed by atoms with E-state index in [9.17, 15) is 9.59 Å². The Morgan fingerprint density at radius 1 is 1.30 bits per heavy atom. The van der Waals surface area contributed by atoms with Gasteiger partial charge in [0.15, 0.2) is 0 Å². The van der Waals surface area contributed by atoms with E-state index in [2.05, 4.69) is 26.7 Å². The van der Waals surface area contributed by atoms with E-state index < -0.39 is 0 Å². The van der Waals surface area contributed by atoms with Crippen LogP contribution in [0.1, 0.15) is 24.0 Å². The number of fused-ring (bicyclic) bond motifs is 1. The van der Waals surface area contributed by atoms with Crippen LogP contribution in [0.5, 0.6) is 0 Å². The lowest BCUT2D eigenvalue weighted by atomic mass is 10.0. The number of hydrogen-bond acceptors (Lipinski definition) is 5. The molecule has 2 aromatic heterocycles. The first-order valence-electron chi connectivity index (χ1n) is 8.95. The van der Waals surface area contributed by atoms with Gasteiger partial charge in [-0.1, -0.05) is 11.3 Å². The van der Waals surface area contributed by atoms with E-state index in [0.29, 0.717) is 31.7 Å². The number of nitrogens with zero attached hydrogens (tertiary/aromatic N) is 5. The van der Waals surface area contributed by atoms with Gasteiger partial charge in [0.05, 0.1) is 12.7 Å². The summed E-state index contributed by atoms with van der Waals surface area (Å²) in [6.07, 6.45) is 12.6. The third-order valence-corrected chi connectivity index (χ3v) is 4.74. The summed E-state index contributed by atoms with van der Waals surface area (Å²) in [5.74, 6) is 0.600. The Labute approximate surface area is 156 Å². The molecule has 4 heterocycles. The first kappa shape index (κ1) is 17.1. The number of anilines is 1. The highest BCUT2D eigenvalue weighted by Crippen LogP contribution is 2.21. The molecule has 0 spiro atoms. The third kappa shape index (κ3) is 4.11. The van der Waals surface area contributed by atoms with Crippen LogP contribution in [0.2, 0.25) is 0 Å². The van der Waals surface area contributed by atoms with Crippen LogP contribution in [0.15, 0.2) is 42.4 Å². The second kappa shape index (κ2) is 7.53. The fraction of sp³-hybridized carbons (Fsp3) is 0.316. The van der Waals surface area contributed by atoms with Gasteiger partial charge in [0, 0.05) is 38.0 Å². The van der Waals surface area contributed by atoms with Crippen molar-refractivity contribution in [3.05, 3.63) is 53.5 Å². The fourth-order valence-corrected chi connectivity index (χ4v) is 3.22. The largest absolute Gasteiger partial charge is 0.335 e. The minimum Gasteiger partial charge on any atom is -0.335 e. The summed E-state index contributed by atoms with van der Waals surface area (Å²) in [5.41, 5.74) is 3.12. The van der Waals surface area contributed by atoms with Crippen LogP contribution >= 0.6 is 0 Å². The van der Waals surface area contributed by atoms with E-state index in [4.69, 9.17) is 0 Å². The standard InChI is InChI=1S/C19H20N6O2/c26-17-3-2-16-11-15(12-20-19(16)22-17)1-4-18(27)24-8-5-14(6-9-24)13-25-10-7-21-23-25/h1,4-5,7,10-12H,2-3,6,8-9,13H2,(H,20,22,26)/b4-1+. The smallest absolute Gasteiger partial charge is 0.246 e. The second-order valence-corrected chi connectivity index (χ2v) is 6.66. The lowest BCUT2D eigenvalue weighted by Gasteiger charge is -2.25. The molecule has 1 N–H and O–H groups in total. The number of aryl methyl sites for hydroxylation is 1. The van der Waals surface area contributed by atoms with Gasteiger partial charge in [-0.3, -0.25) is 9.59 Å². The summed E-state index contributed by atoms with van der Waals surface area (Å²) >= 11 is 0. The molecular weight excluding hydrogens is 344 g/mol. The van der Waals surface area contributed by atoms with Crippen molar-refractivity contribution >= 4 is 23.7 Å². The maximum atomic E-state index is 12.4. The Bertz CT molecular complexity index is 916. The fourth-order valence-electron chi connectivity index (χ4n) is 3.22. The molecule has 8 heteroatoms. The molecule has 4 rings (SSSR count). The van der Waals surface area contributed by atoms with Crippen molar-refractivity contribution in [1.82, 2.24) is 24.9 Å².